The van der Waals surface area contributed by atoms with Crippen LogP contribution in [0, 0.1) is 0 Å². The Labute approximate surface area is 112 Å². The third-order valence-corrected chi connectivity index (χ3v) is 2.70. The van der Waals surface area contributed by atoms with Gasteiger partial charge in [-0.05, 0) is 29.9 Å². The van der Waals surface area contributed by atoms with E-state index in [-0.39, 0.29) is 6.17 Å². The maximum Gasteiger partial charge on any atom is 0.172 e. The van der Waals surface area contributed by atoms with Crippen LogP contribution in [-0.2, 0) is 0 Å². The van der Waals surface area contributed by atoms with E-state index in [1.165, 1.54) is 0 Å². The number of anilines is 1. The van der Waals surface area contributed by atoms with Gasteiger partial charge in [0, 0.05) is 5.69 Å². The Hall–Kier alpha value is -1.91. The summed E-state index contributed by atoms with van der Waals surface area (Å²) < 4.78 is 0. The fourth-order valence-corrected chi connectivity index (χ4v) is 1.82. The summed E-state index contributed by atoms with van der Waals surface area (Å²) in [5.41, 5.74) is 7.95. The summed E-state index contributed by atoms with van der Waals surface area (Å²) in [6, 6.07) is 19.5. The molecular formula is C14H15N3S. The van der Waals surface area contributed by atoms with Crippen LogP contribution in [0.1, 0.15) is 11.7 Å². The van der Waals surface area contributed by atoms with Gasteiger partial charge in [-0.15, -0.1) is 0 Å². The van der Waals surface area contributed by atoms with E-state index in [2.05, 4.69) is 10.6 Å². The van der Waals surface area contributed by atoms with Gasteiger partial charge < -0.3 is 16.4 Å². The molecule has 2 aromatic carbocycles. The number of nitrogens with one attached hydrogen (secondary N) is 2. The molecule has 92 valence electrons. The molecule has 1 atom stereocenters. The van der Waals surface area contributed by atoms with Crippen molar-refractivity contribution in [3.8, 4) is 0 Å². The van der Waals surface area contributed by atoms with Gasteiger partial charge in [0.15, 0.2) is 5.11 Å². The smallest absolute Gasteiger partial charge is 0.172 e. The number of thiocarbonyl (C=S) groups is 1. The first-order valence-corrected chi connectivity index (χ1v) is 6.09. The van der Waals surface area contributed by atoms with E-state index in [4.69, 9.17) is 18.0 Å². The topological polar surface area (TPSA) is 50.1 Å². The first-order chi connectivity index (χ1) is 8.75. The number of hydrogen-bond donors (Lipinski definition) is 3. The molecule has 0 saturated heterocycles. The average Bonchev–Trinajstić information content (AvgIpc) is 2.40. The van der Waals surface area contributed by atoms with Crippen molar-refractivity contribution in [2.75, 3.05) is 5.32 Å². The predicted molar refractivity (Wildman–Crippen MR) is 79.2 cm³/mol. The summed E-state index contributed by atoms with van der Waals surface area (Å²) in [7, 11) is 0. The minimum absolute atomic E-state index is 0.310. The molecule has 0 spiro atoms. The Morgan fingerprint density at radius 1 is 0.944 bits per heavy atom. The summed E-state index contributed by atoms with van der Waals surface area (Å²) in [4.78, 5) is 0. The average molecular weight is 257 g/mol. The van der Waals surface area contributed by atoms with Gasteiger partial charge in [-0.25, -0.2) is 0 Å². The Kier molecular flexibility index (Phi) is 4.28. The van der Waals surface area contributed by atoms with Gasteiger partial charge in [0.25, 0.3) is 0 Å². The second kappa shape index (κ2) is 6.14. The highest BCUT2D eigenvalue weighted by molar-refractivity contribution is 7.80. The molecule has 0 saturated carbocycles. The normalized spacial score (nSPS) is 11.6. The van der Waals surface area contributed by atoms with E-state index in [9.17, 15) is 0 Å². The van der Waals surface area contributed by atoms with Crippen LogP contribution in [0.25, 0.3) is 0 Å². The summed E-state index contributed by atoms with van der Waals surface area (Å²) in [5.74, 6) is 0. The van der Waals surface area contributed by atoms with Gasteiger partial charge >= 0.3 is 0 Å². The molecule has 0 fully saturated rings. The predicted octanol–water partition coefficient (Wildman–Crippen LogP) is 2.63. The first kappa shape index (κ1) is 12.5. The van der Waals surface area contributed by atoms with Gasteiger partial charge in [0.2, 0.25) is 0 Å². The number of para-hydroxylation sites is 1. The second-order valence-electron chi connectivity index (χ2n) is 3.85. The monoisotopic (exact) mass is 257 g/mol. The number of benzene rings is 2. The van der Waals surface area contributed by atoms with Gasteiger partial charge in [-0.3, -0.25) is 0 Å². The number of nitrogens with two attached hydrogens (primary N) is 1. The highest BCUT2D eigenvalue weighted by atomic mass is 32.1. The van der Waals surface area contributed by atoms with Gasteiger partial charge in [-0.1, -0.05) is 48.5 Å². The lowest BCUT2D eigenvalue weighted by Crippen LogP contribution is -2.36. The molecule has 0 heterocycles. The zero-order valence-corrected chi connectivity index (χ0v) is 10.7. The third kappa shape index (κ3) is 3.55. The summed E-state index contributed by atoms with van der Waals surface area (Å²) >= 11 is 5.21. The highest BCUT2D eigenvalue weighted by Gasteiger charge is 2.06. The SMILES string of the molecule is NC(NC(=S)Nc1ccccc1)c1ccccc1. The Bertz CT molecular complexity index is 499. The minimum atomic E-state index is -0.310. The number of rotatable bonds is 3. The molecule has 3 nitrogen and oxygen atoms in total. The van der Waals surface area contributed by atoms with Gasteiger partial charge in [0.1, 0.15) is 6.17 Å². The maximum absolute atomic E-state index is 6.01. The molecule has 0 bridgehead atoms. The minimum Gasteiger partial charge on any atom is -0.343 e. The lowest BCUT2D eigenvalue weighted by atomic mass is 10.2. The van der Waals surface area contributed by atoms with Crippen molar-refractivity contribution in [1.29, 1.82) is 0 Å². The fourth-order valence-electron chi connectivity index (χ4n) is 1.57. The van der Waals surface area contributed by atoms with Crippen molar-refractivity contribution in [2.24, 2.45) is 5.73 Å². The van der Waals surface area contributed by atoms with Crippen LogP contribution in [0.2, 0.25) is 0 Å². The molecular weight excluding hydrogens is 242 g/mol. The van der Waals surface area contributed by atoms with E-state index >= 15 is 0 Å². The molecule has 4 N–H and O–H groups in total. The van der Waals surface area contributed by atoms with Crippen LogP contribution < -0.4 is 16.4 Å². The van der Waals surface area contributed by atoms with Crippen LogP contribution >= 0.6 is 12.2 Å². The second-order valence-corrected chi connectivity index (χ2v) is 4.26. The molecule has 0 aliphatic carbocycles. The van der Waals surface area contributed by atoms with E-state index < -0.39 is 0 Å². The summed E-state index contributed by atoms with van der Waals surface area (Å²) in [6.07, 6.45) is -0.310. The Morgan fingerprint density at radius 2 is 1.50 bits per heavy atom. The largest absolute Gasteiger partial charge is 0.343 e. The maximum atomic E-state index is 6.01. The summed E-state index contributed by atoms with van der Waals surface area (Å²) in [5, 5.41) is 6.64. The third-order valence-electron chi connectivity index (χ3n) is 2.48. The van der Waals surface area contributed by atoms with Crippen molar-refractivity contribution in [1.82, 2.24) is 5.32 Å². The molecule has 1 unspecified atom stereocenters. The van der Waals surface area contributed by atoms with Crippen LogP contribution in [0.5, 0.6) is 0 Å². The zero-order chi connectivity index (χ0) is 12.8. The van der Waals surface area contributed by atoms with E-state index in [1.54, 1.807) is 0 Å². The molecule has 0 aromatic heterocycles. The lowest BCUT2D eigenvalue weighted by Gasteiger charge is -2.17. The molecule has 0 radical (unpaired) electrons. The molecule has 0 aliphatic heterocycles. The zero-order valence-electron chi connectivity index (χ0n) is 9.84. The first-order valence-electron chi connectivity index (χ1n) is 5.69. The van der Waals surface area contributed by atoms with Crippen molar-refractivity contribution in [3.63, 3.8) is 0 Å². The molecule has 4 heteroatoms. The van der Waals surface area contributed by atoms with Crippen molar-refractivity contribution in [3.05, 3.63) is 66.2 Å². The Morgan fingerprint density at radius 3 is 2.11 bits per heavy atom. The molecule has 2 aromatic rings. The highest BCUT2D eigenvalue weighted by Crippen LogP contribution is 2.08. The molecule has 0 amide bonds. The van der Waals surface area contributed by atoms with E-state index in [1.807, 2.05) is 60.7 Å². The van der Waals surface area contributed by atoms with Crippen LogP contribution in [0.4, 0.5) is 5.69 Å². The van der Waals surface area contributed by atoms with Crippen molar-refractivity contribution >= 4 is 23.0 Å². The van der Waals surface area contributed by atoms with Crippen molar-refractivity contribution in [2.45, 2.75) is 6.17 Å². The quantitative estimate of drug-likeness (QED) is 0.584. The van der Waals surface area contributed by atoms with Gasteiger partial charge in [0.05, 0.1) is 0 Å². The molecule has 2 rings (SSSR count). The van der Waals surface area contributed by atoms with Crippen LogP contribution in [0.3, 0.4) is 0 Å². The molecule has 0 aliphatic rings. The number of hydrogen-bond acceptors (Lipinski definition) is 2. The molecule has 18 heavy (non-hydrogen) atoms. The van der Waals surface area contributed by atoms with Crippen LogP contribution in [-0.4, -0.2) is 5.11 Å². The van der Waals surface area contributed by atoms with E-state index in [0.717, 1.165) is 11.3 Å². The standard InChI is InChI=1S/C14H15N3S/c15-13(11-7-3-1-4-8-11)17-14(18)16-12-9-5-2-6-10-12/h1-10,13H,15H2,(H2,16,17,18). The van der Waals surface area contributed by atoms with Crippen molar-refractivity contribution < 1.29 is 0 Å². The lowest BCUT2D eigenvalue weighted by molar-refractivity contribution is 0.686. The van der Waals surface area contributed by atoms with Crippen LogP contribution in [0.15, 0.2) is 60.7 Å². The van der Waals surface area contributed by atoms with E-state index in [0.29, 0.717) is 5.11 Å². The Balaban J connectivity index is 1.92. The van der Waals surface area contributed by atoms with Gasteiger partial charge in [-0.2, -0.15) is 0 Å². The summed E-state index contributed by atoms with van der Waals surface area (Å²) in [6.45, 7) is 0. The fraction of sp³-hybridized carbons (Fsp3) is 0.0714.